The molecule has 0 N–H and O–H groups in total. The van der Waals surface area contributed by atoms with E-state index in [0.717, 1.165) is 62.6 Å². The highest BCUT2D eigenvalue weighted by molar-refractivity contribution is 6.13. The second-order valence-electron chi connectivity index (χ2n) is 16.7. The Hall–Kier alpha value is -7.43. The zero-order valence-electron chi connectivity index (χ0n) is 33.4. The van der Waals surface area contributed by atoms with Gasteiger partial charge in [-0.15, -0.1) is 0 Å². The van der Waals surface area contributed by atoms with Gasteiger partial charge in [-0.25, -0.2) is 15.0 Å². The molecule has 4 heteroatoms. The van der Waals surface area contributed by atoms with Crippen molar-refractivity contribution in [3.8, 4) is 78.7 Å². The summed E-state index contributed by atoms with van der Waals surface area (Å²) in [6.07, 6.45) is 2.17. The molecule has 0 aliphatic heterocycles. The molecule has 2 aliphatic rings. The summed E-state index contributed by atoms with van der Waals surface area (Å²) in [4.78, 5) is 15.3. The van der Waals surface area contributed by atoms with Crippen molar-refractivity contribution in [2.45, 2.75) is 32.1 Å². The highest BCUT2D eigenvalue weighted by Crippen LogP contribution is 2.49. The van der Waals surface area contributed by atoms with Gasteiger partial charge in [-0.2, -0.15) is 0 Å². The van der Waals surface area contributed by atoms with E-state index in [1.807, 2.05) is 18.2 Å². The van der Waals surface area contributed by atoms with Crippen LogP contribution in [0.3, 0.4) is 0 Å². The number of aromatic nitrogens is 3. The van der Waals surface area contributed by atoms with Gasteiger partial charge < -0.3 is 4.42 Å². The molecule has 284 valence electrons. The lowest BCUT2D eigenvalue weighted by molar-refractivity contribution is 0.660. The van der Waals surface area contributed by atoms with Crippen molar-refractivity contribution in [2.24, 2.45) is 0 Å². The van der Waals surface area contributed by atoms with Crippen molar-refractivity contribution >= 4 is 21.9 Å². The molecule has 2 heterocycles. The zero-order chi connectivity index (χ0) is 40.0. The number of nitrogens with zero attached hydrogens (tertiary/aromatic N) is 3. The van der Waals surface area contributed by atoms with Gasteiger partial charge in [0.15, 0.2) is 17.5 Å². The van der Waals surface area contributed by atoms with Gasteiger partial charge in [0.2, 0.25) is 0 Å². The van der Waals surface area contributed by atoms with Gasteiger partial charge >= 0.3 is 0 Å². The van der Waals surface area contributed by atoms with Crippen LogP contribution in [0.4, 0.5) is 0 Å². The van der Waals surface area contributed by atoms with Crippen LogP contribution >= 0.6 is 0 Å². The number of hydrogen-bond acceptors (Lipinski definition) is 4. The standard InChI is InChI=1S/C56H39N3O/c1-56(2)48-17-9-8-15-44(48)45-29-27-41(33-49(45)56)55-58-53(37-12-4-3-5-13-37)57-54(59-55)38-24-21-35(22-25-38)43-16-10-18-51-52(43)47-32-40(28-30-50(47)60-51)39-26-23-36-20-19-34-11-6-7-14-42(34)46(36)31-39/h3-18,21-33H,19-20H2,1-2H3. The van der Waals surface area contributed by atoms with Crippen molar-refractivity contribution in [3.63, 3.8) is 0 Å². The first-order valence-electron chi connectivity index (χ1n) is 20.8. The number of fused-ring (bicyclic) bond motifs is 9. The summed E-state index contributed by atoms with van der Waals surface area (Å²) in [6.45, 7) is 4.61. The van der Waals surface area contributed by atoms with Crippen LogP contribution in [-0.2, 0) is 18.3 Å². The molecule has 0 fully saturated rings. The van der Waals surface area contributed by atoms with Gasteiger partial charge in [0.25, 0.3) is 0 Å². The van der Waals surface area contributed by atoms with Gasteiger partial charge in [-0.3, -0.25) is 0 Å². The minimum atomic E-state index is -0.130. The molecule has 2 aromatic heterocycles. The van der Waals surface area contributed by atoms with E-state index in [1.165, 1.54) is 55.6 Å². The fourth-order valence-electron chi connectivity index (χ4n) is 9.73. The lowest BCUT2D eigenvalue weighted by atomic mass is 9.82. The van der Waals surface area contributed by atoms with Gasteiger partial charge in [0, 0.05) is 32.9 Å². The van der Waals surface area contributed by atoms with Gasteiger partial charge in [-0.05, 0) is 110 Å². The average Bonchev–Trinajstić information content (AvgIpc) is 3.80. The summed E-state index contributed by atoms with van der Waals surface area (Å²) in [7, 11) is 0. The van der Waals surface area contributed by atoms with Crippen LogP contribution in [0.1, 0.15) is 36.1 Å². The fourth-order valence-corrected chi connectivity index (χ4v) is 9.73. The maximum atomic E-state index is 6.48. The molecule has 0 bridgehead atoms. The molecule has 4 nitrogen and oxygen atoms in total. The first kappa shape index (κ1) is 34.6. The predicted octanol–water partition coefficient (Wildman–Crippen LogP) is 14.2. The lowest BCUT2D eigenvalue weighted by Gasteiger charge is -2.21. The van der Waals surface area contributed by atoms with Gasteiger partial charge in [0.05, 0.1) is 0 Å². The summed E-state index contributed by atoms with van der Waals surface area (Å²) < 4.78 is 6.48. The number of benzene rings is 8. The van der Waals surface area contributed by atoms with E-state index in [1.54, 1.807) is 0 Å². The molecule has 0 radical (unpaired) electrons. The topological polar surface area (TPSA) is 51.8 Å². The largest absolute Gasteiger partial charge is 0.456 e. The number of aryl methyl sites for hydroxylation is 2. The molecule has 8 aromatic carbocycles. The highest BCUT2D eigenvalue weighted by Gasteiger charge is 2.35. The normalized spacial score (nSPS) is 13.5. The fraction of sp³-hybridized carbons (Fsp3) is 0.0893. The summed E-state index contributed by atoms with van der Waals surface area (Å²) >= 11 is 0. The molecule has 0 atom stereocenters. The lowest BCUT2D eigenvalue weighted by Crippen LogP contribution is -2.15. The molecule has 2 aliphatic carbocycles. The Morgan fingerprint density at radius 1 is 0.383 bits per heavy atom. The molecule has 0 amide bonds. The Balaban J connectivity index is 0.933. The Kier molecular flexibility index (Phi) is 7.67. The number of rotatable bonds is 5. The third kappa shape index (κ3) is 5.48. The molecule has 10 aromatic rings. The highest BCUT2D eigenvalue weighted by atomic mass is 16.3. The van der Waals surface area contributed by atoms with Crippen molar-refractivity contribution in [1.82, 2.24) is 15.0 Å². The van der Waals surface area contributed by atoms with E-state index in [4.69, 9.17) is 19.4 Å². The maximum Gasteiger partial charge on any atom is 0.164 e. The van der Waals surface area contributed by atoms with Crippen LogP contribution in [-0.4, -0.2) is 15.0 Å². The van der Waals surface area contributed by atoms with Crippen LogP contribution in [0, 0.1) is 0 Å². The first-order chi connectivity index (χ1) is 29.5. The summed E-state index contributed by atoms with van der Waals surface area (Å²) in [5, 5.41) is 2.22. The van der Waals surface area contributed by atoms with Crippen LogP contribution in [0.15, 0.2) is 180 Å². The molecule has 60 heavy (non-hydrogen) atoms. The van der Waals surface area contributed by atoms with Crippen LogP contribution in [0.2, 0.25) is 0 Å². The second-order valence-corrected chi connectivity index (χ2v) is 16.7. The van der Waals surface area contributed by atoms with Gasteiger partial charge in [0.1, 0.15) is 11.2 Å². The summed E-state index contributed by atoms with van der Waals surface area (Å²) in [5.74, 6) is 1.94. The predicted molar refractivity (Wildman–Crippen MR) is 245 cm³/mol. The third-order valence-corrected chi connectivity index (χ3v) is 12.9. The van der Waals surface area contributed by atoms with Crippen molar-refractivity contribution in [3.05, 3.63) is 198 Å². The molecule has 0 saturated heterocycles. The van der Waals surface area contributed by atoms with E-state index in [0.29, 0.717) is 17.5 Å². The van der Waals surface area contributed by atoms with E-state index in [2.05, 4.69) is 172 Å². The Bertz CT molecular complexity index is 3340. The van der Waals surface area contributed by atoms with Crippen LogP contribution in [0.5, 0.6) is 0 Å². The minimum absolute atomic E-state index is 0.130. The van der Waals surface area contributed by atoms with E-state index >= 15 is 0 Å². The van der Waals surface area contributed by atoms with E-state index < -0.39 is 0 Å². The van der Waals surface area contributed by atoms with Crippen molar-refractivity contribution in [2.75, 3.05) is 0 Å². The minimum Gasteiger partial charge on any atom is -0.456 e. The molecule has 0 unspecified atom stereocenters. The monoisotopic (exact) mass is 769 g/mol. The Morgan fingerprint density at radius 2 is 0.967 bits per heavy atom. The van der Waals surface area contributed by atoms with Crippen molar-refractivity contribution in [1.29, 1.82) is 0 Å². The van der Waals surface area contributed by atoms with E-state index in [-0.39, 0.29) is 5.41 Å². The molecule has 0 saturated carbocycles. The average molecular weight is 770 g/mol. The van der Waals surface area contributed by atoms with Crippen LogP contribution in [0.25, 0.3) is 101 Å². The molecular weight excluding hydrogens is 731 g/mol. The Labute approximate surface area is 348 Å². The summed E-state index contributed by atoms with van der Waals surface area (Å²) in [6, 6.07) is 62.9. The number of furan rings is 1. The first-order valence-corrected chi connectivity index (χ1v) is 20.8. The van der Waals surface area contributed by atoms with Crippen LogP contribution < -0.4 is 0 Å². The second kappa shape index (κ2) is 13.3. The molecular formula is C56H39N3O. The molecule has 0 spiro atoms. The van der Waals surface area contributed by atoms with Gasteiger partial charge in [-0.1, -0.05) is 159 Å². The maximum absolute atomic E-state index is 6.48. The van der Waals surface area contributed by atoms with E-state index in [9.17, 15) is 0 Å². The zero-order valence-corrected chi connectivity index (χ0v) is 33.4. The molecule has 12 rings (SSSR count). The number of hydrogen-bond donors (Lipinski definition) is 0. The smallest absolute Gasteiger partial charge is 0.164 e. The third-order valence-electron chi connectivity index (χ3n) is 12.9. The quantitative estimate of drug-likeness (QED) is 0.175. The van der Waals surface area contributed by atoms with Crippen molar-refractivity contribution < 1.29 is 4.42 Å². The SMILES string of the molecule is CC1(C)c2ccccc2-c2ccc(-c3nc(-c4ccccc4)nc(-c4ccc(-c5cccc6oc7ccc(-c8ccc9c(c8)-c8ccccc8CC9)cc7c56)cc4)n3)cc21. The summed E-state index contributed by atoms with van der Waals surface area (Å²) in [5.41, 5.74) is 19.8. The Morgan fingerprint density at radius 3 is 1.78 bits per heavy atom.